The summed E-state index contributed by atoms with van der Waals surface area (Å²) in [5.41, 5.74) is 11.4. The third-order valence-electron chi connectivity index (χ3n) is 5.46. The molecule has 0 radical (unpaired) electrons. The predicted molar refractivity (Wildman–Crippen MR) is 130 cm³/mol. The van der Waals surface area contributed by atoms with Gasteiger partial charge in [0.25, 0.3) is 5.91 Å². The zero-order valence-corrected chi connectivity index (χ0v) is 19.3. The largest absolute Gasteiger partial charge is 0.455 e. The second-order valence-corrected chi connectivity index (χ2v) is 8.94. The number of amides is 3. The number of nitrogens with zero attached hydrogens (tertiary/aromatic N) is 3. The fourth-order valence-corrected chi connectivity index (χ4v) is 3.96. The summed E-state index contributed by atoms with van der Waals surface area (Å²) in [7, 11) is 0. The first-order valence-corrected chi connectivity index (χ1v) is 10.8. The van der Waals surface area contributed by atoms with Crippen molar-refractivity contribution in [1.82, 2.24) is 5.43 Å². The first kappa shape index (κ1) is 22.9. The molecule has 1 aromatic heterocycles. The number of hydrazone groups is 1. The smallest absolute Gasteiger partial charge is 0.332 e. The molecule has 1 aliphatic carbocycles. The normalized spacial score (nSPS) is 15.8. The van der Waals surface area contributed by atoms with Crippen molar-refractivity contribution >= 4 is 34.7 Å². The van der Waals surface area contributed by atoms with E-state index in [4.69, 9.17) is 10.2 Å². The van der Waals surface area contributed by atoms with Gasteiger partial charge >= 0.3 is 6.03 Å². The molecule has 9 nitrogen and oxygen atoms in total. The van der Waals surface area contributed by atoms with Gasteiger partial charge in [-0.05, 0) is 55.2 Å². The van der Waals surface area contributed by atoms with Gasteiger partial charge in [-0.1, -0.05) is 32.0 Å². The molecule has 9 heteroatoms. The van der Waals surface area contributed by atoms with Crippen LogP contribution in [0, 0.1) is 12.3 Å². The second kappa shape index (κ2) is 9.30. The van der Waals surface area contributed by atoms with Gasteiger partial charge in [0.2, 0.25) is 0 Å². The number of nitrogens with two attached hydrogens (primary N) is 1. The standard InChI is InChI=1S/C25H26N6O3/c1-15-21-19(30-31-24(26)33)13-25(2,3)14-20(21)34-22(15)23(32)27-16-9-11-18(12-10-16)29-28-17-7-5-4-6-8-17/h4-12H,13-14H2,1-3H3,(H,27,32)(H3,26,31,33). The minimum Gasteiger partial charge on any atom is -0.455 e. The van der Waals surface area contributed by atoms with Gasteiger partial charge in [0.05, 0.1) is 17.1 Å². The van der Waals surface area contributed by atoms with Gasteiger partial charge in [-0.15, -0.1) is 0 Å². The highest BCUT2D eigenvalue weighted by atomic mass is 16.4. The van der Waals surface area contributed by atoms with Crippen molar-refractivity contribution in [3.8, 4) is 0 Å². The number of benzene rings is 2. The molecule has 0 saturated heterocycles. The summed E-state index contributed by atoms with van der Waals surface area (Å²) in [4.78, 5) is 24.2. The molecular formula is C25H26N6O3. The Bertz CT molecular complexity index is 1270. The number of hydrogen-bond donors (Lipinski definition) is 3. The number of anilines is 1. The number of furan rings is 1. The molecule has 0 bridgehead atoms. The van der Waals surface area contributed by atoms with Gasteiger partial charge in [-0.2, -0.15) is 15.3 Å². The van der Waals surface area contributed by atoms with Crippen LogP contribution in [0.3, 0.4) is 0 Å². The lowest BCUT2D eigenvalue weighted by molar-refractivity contribution is 0.0993. The quantitative estimate of drug-likeness (QED) is 0.339. The van der Waals surface area contributed by atoms with Crippen molar-refractivity contribution in [2.45, 2.75) is 33.6 Å². The number of rotatable bonds is 5. The highest BCUT2D eigenvalue weighted by molar-refractivity contribution is 6.09. The molecule has 0 aliphatic heterocycles. The Kier molecular flexibility index (Phi) is 6.27. The maximum atomic E-state index is 13.0. The average molecular weight is 459 g/mol. The molecule has 2 aromatic carbocycles. The Labute approximate surface area is 197 Å². The number of urea groups is 1. The Hall–Kier alpha value is -4.27. The van der Waals surface area contributed by atoms with E-state index in [0.717, 1.165) is 11.3 Å². The molecule has 3 aromatic rings. The van der Waals surface area contributed by atoms with Crippen LogP contribution in [0.4, 0.5) is 21.9 Å². The van der Waals surface area contributed by atoms with Crippen molar-refractivity contribution in [1.29, 1.82) is 0 Å². The molecule has 34 heavy (non-hydrogen) atoms. The van der Waals surface area contributed by atoms with Crippen molar-refractivity contribution in [2.75, 3.05) is 5.32 Å². The van der Waals surface area contributed by atoms with E-state index in [1.165, 1.54) is 0 Å². The molecule has 174 valence electrons. The third kappa shape index (κ3) is 5.20. The van der Waals surface area contributed by atoms with E-state index in [-0.39, 0.29) is 17.1 Å². The maximum absolute atomic E-state index is 13.0. The zero-order valence-electron chi connectivity index (χ0n) is 19.3. The van der Waals surface area contributed by atoms with E-state index >= 15 is 0 Å². The molecule has 4 N–H and O–H groups in total. The van der Waals surface area contributed by atoms with E-state index in [9.17, 15) is 9.59 Å². The maximum Gasteiger partial charge on any atom is 0.332 e. The van der Waals surface area contributed by atoms with Crippen LogP contribution in [0.1, 0.15) is 47.7 Å². The van der Waals surface area contributed by atoms with Crippen LogP contribution >= 0.6 is 0 Å². The Morgan fingerprint density at radius 2 is 1.62 bits per heavy atom. The Morgan fingerprint density at radius 1 is 0.971 bits per heavy atom. The number of azo groups is 1. The summed E-state index contributed by atoms with van der Waals surface area (Å²) in [6, 6.07) is 15.7. The third-order valence-corrected chi connectivity index (χ3v) is 5.46. The number of fused-ring (bicyclic) bond motifs is 1. The topological polar surface area (TPSA) is 134 Å². The first-order valence-electron chi connectivity index (χ1n) is 10.8. The van der Waals surface area contributed by atoms with Gasteiger partial charge in [-0.3, -0.25) is 4.79 Å². The molecular weight excluding hydrogens is 432 g/mol. The first-order chi connectivity index (χ1) is 16.2. The lowest BCUT2D eigenvalue weighted by Crippen LogP contribution is -2.31. The van der Waals surface area contributed by atoms with E-state index in [0.29, 0.717) is 41.3 Å². The van der Waals surface area contributed by atoms with Gasteiger partial charge < -0.3 is 15.5 Å². The van der Waals surface area contributed by atoms with Crippen molar-refractivity contribution in [3.05, 3.63) is 77.2 Å². The monoisotopic (exact) mass is 458 g/mol. The fourth-order valence-electron chi connectivity index (χ4n) is 3.96. The SMILES string of the molecule is Cc1c(C(=O)Nc2ccc(N=Nc3ccccc3)cc2)oc2c1C(=NNC(N)=O)CC(C)(C)C2. The minimum atomic E-state index is -0.747. The lowest BCUT2D eigenvalue weighted by atomic mass is 9.75. The van der Waals surface area contributed by atoms with Crippen molar-refractivity contribution in [3.63, 3.8) is 0 Å². The van der Waals surface area contributed by atoms with Gasteiger partial charge in [0, 0.05) is 23.2 Å². The molecule has 3 amide bonds. The van der Waals surface area contributed by atoms with Crippen molar-refractivity contribution < 1.29 is 14.0 Å². The summed E-state index contributed by atoms with van der Waals surface area (Å²) >= 11 is 0. The van der Waals surface area contributed by atoms with Crippen LogP contribution in [-0.4, -0.2) is 17.6 Å². The van der Waals surface area contributed by atoms with Crippen LogP contribution < -0.4 is 16.5 Å². The van der Waals surface area contributed by atoms with E-state index in [1.807, 2.05) is 37.3 Å². The molecule has 0 saturated carbocycles. The van der Waals surface area contributed by atoms with Crippen molar-refractivity contribution in [2.24, 2.45) is 26.5 Å². The second-order valence-electron chi connectivity index (χ2n) is 8.94. The zero-order chi connectivity index (χ0) is 24.3. The minimum absolute atomic E-state index is 0.146. The Morgan fingerprint density at radius 3 is 2.26 bits per heavy atom. The van der Waals surface area contributed by atoms with Gasteiger partial charge in [0.15, 0.2) is 5.76 Å². The molecule has 0 unspecified atom stereocenters. The number of primary amides is 1. The highest BCUT2D eigenvalue weighted by Gasteiger charge is 2.36. The molecule has 4 rings (SSSR count). The summed E-state index contributed by atoms with van der Waals surface area (Å²) in [6.07, 6.45) is 1.26. The van der Waals surface area contributed by atoms with Crippen LogP contribution in [0.15, 0.2) is 74.3 Å². The van der Waals surface area contributed by atoms with E-state index in [2.05, 4.69) is 39.9 Å². The molecule has 0 atom stereocenters. The molecule has 0 spiro atoms. The summed E-state index contributed by atoms with van der Waals surface area (Å²) in [6.45, 7) is 5.95. The van der Waals surface area contributed by atoms with Gasteiger partial charge in [0.1, 0.15) is 5.76 Å². The molecule has 1 aliphatic rings. The van der Waals surface area contributed by atoms with E-state index in [1.54, 1.807) is 24.3 Å². The van der Waals surface area contributed by atoms with Crippen LogP contribution in [0.5, 0.6) is 0 Å². The number of carbonyl (C=O) groups is 2. The summed E-state index contributed by atoms with van der Waals surface area (Å²) in [5, 5.41) is 15.4. The van der Waals surface area contributed by atoms with Gasteiger partial charge in [-0.25, -0.2) is 10.2 Å². The lowest BCUT2D eigenvalue weighted by Gasteiger charge is -2.29. The molecule has 1 heterocycles. The predicted octanol–water partition coefficient (Wildman–Crippen LogP) is 5.60. The number of carbonyl (C=O) groups excluding carboxylic acids is 2. The summed E-state index contributed by atoms with van der Waals surface area (Å²) in [5.74, 6) is 0.508. The summed E-state index contributed by atoms with van der Waals surface area (Å²) < 4.78 is 5.98. The molecule has 0 fully saturated rings. The Balaban J connectivity index is 1.52. The number of nitrogens with one attached hydrogen (secondary N) is 2. The highest BCUT2D eigenvalue weighted by Crippen LogP contribution is 2.39. The average Bonchev–Trinajstić information content (AvgIpc) is 3.12. The van der Waals surface area contributed by atoms with Crippen LogP contribution in [0.2, 0.25) is 0 Å². The number of hydrogen-bond acceptors (Lipinski definition) is 6. The van der Waals surface area contributed by atoms with Crippen LogP contribution in [0.25, 0.3) is 0 Å². The van der Waals surface area contributed by atoms with E-state index < -0.39 is 6.03 Å². The fraction of sp³-hybridized carbons (Fsp3) is 0.240. The van der Waals surface area contributed by atoms with Crippen LogP contribution in [-0.2, 0) is 6.42 Å².